The fraction of sp³-hybridized carbons (Fsp3) is 0.0625. The molecule has 0 spiro atoms. The minimum absolute atomic E-state index is 0.148. The highest BCUT2D eigenvalue weighted by atomic mass is 35.5. The lowest BCUT2D eigenvalue weighted by atomic mass is 10.1. The minimum atomic E-state index is -4.60. The summed E-state index contributed by atoms with van der Waals surface area (Å²) in [7, 11) is 0. The molecule has 0 atom stereocenters. The van der Waals surface area contributed by atoms with Crippen molar-refractivity contribution < 1.29 is 22.4 Å². The zero-order chi connectivity index (χ0) is 18.9. The van der Waals surface area contributed by atoms with Crippen molar-refractivity contribution in [2.45, 2.75) is 6.18 Å². The number of nitrogens with one attached hydrogen (secondary N) is 1. The first-order valence-electron chi connectivity index (χ1n) is 7.11. The van der Waals surface area contributed by atoms with Crippen LogP contribution in [0.5, 0.6) is 0 Å². The normalized spacial score (nSPS) is 11.4. The second-order valence-electron chi connectivity index (χ2n) is 5.14. The molecule has 3 aromatic rings. The zero-order valence-corrected chi connectivity index (χ0v) is 13.5. The molecule has 5 nitrogen and oxygen atoms in total. The lowest BCUT2D eigenvalue weighted by molar-refractivity contribution is -0.137. The minimum Gasteiger partial charge on any atom is -0.318 e. The molecule has 0 saturated carbocycles. The summed E-state index contributed by atoms with van der Waals surface area (Å²) in [6.07, 6.45) is -3.58. The average Bonchev–Trinajstić information content (AvgIpc) is 3.06. The number of hydrogen-bond acceptors (Lipinski definition) is 3. The largest absolute Gasteiger partial charge is 0.418 e. The van der Waals surface area contributed by atoms with Crippen LogP contribution in [0.4, 0.5) is 23.2 Å². The highest BCUT2D eigenvalue weighted by Crippen LogP contribution is 2.33. The van der Waals surface area contributed by atoms with Crippen molar-refractivity contribution in [2.75, 3.05) is 5.32 Å². The van der Waals surface area contributed by atoms with Gasteiger partial charge in [0.15, 0.2) is 5.69 Å². The van der Waals surface area contributed by atoms with Crippen molar-refractivity contribution >= 4 is 23.2 Å². The Bertz CT molecular complexity index is 971. The third kappa shape index (κ3) is 3.67. The SMILES string of the molecule is O=C(Nc1ccc(Cl)cc1F)c1cn(-c2ccccc2C(F)(F)F)nn1. The van der Waals surface area contributed by atoms with Gasteiger partial charge in [-0.1, -0.05) is 28.9 Å². The predicted molar refractivity (Wildman–Crippen MR) is 85.7 cm³/mol. The van der Waals surface area contributed by atoms with Gasteiger partial charge in [-0.15, -0.1) is 5.10 Å². The molecule has 0 aliphatic carbocycles. The van der Waals surface area contributed by atoms with Crippen LogP contribution in [-0.4, -0.2) is 20.9 Å². The van der Waals surface area contributed by atoms with E-state index in [4.69, 9.17) is 11.6 Å². The molecule has 1 aromatic heterocycles. The highest BCUT2D eigenvalue weighted by Gasteiger charge is 2.34. The van der Waals surface area contributed by atoms with Crippen molar-refractivity contribution in [3.63, 3.8) is 0 Å². The maximum Gasteiger partial charge on any atom is 0.418 e. The van der Waals surface area contributed by atoms with E-state index in [2.05, 4.69) is 15.6 Å². The number of rotatable bonds is 3. The molecule has 0 bridgehead atoms. The van der Waals surface area contributed by atoms with Crippen LogP contribution in [0.3, 0.4) is 0 Å². The first-order chi connectivity index (χ1) is 12.3. The van der Waals surface area contributed by atoms with Crippen molar-refractivity contribution in [2.24, 2.45) is 0 Å². The van der Waals surface area contributed by atoms with E-state index in [0.717, 1.165) is 23.0 Å². The van der Waals surface area contributed by atoms with E-state index in [1.165, 1.54) is 30.3 Å². The second-order valence-corrected chi connectivity index (χ2v) is 5.58. The number of carbonyl (C=O) groups is 1. The summed E-state index contributed by atoms with van der Waals surface area (Å²) in [4.78, 5) is 12.1. The summed E-state index contributed by atoms with van der Waals surface area (Å²) in [6.45, 7) is 0. The van der Waals surface area contributed by atoms with Crippen LogP contribution in [0, 0.1) is 5.82 Å². The summed E-state index contributed by atoms with van der Waals surface area (Å²) >= 11 is 5.62. The Morgan fingerprint density at radius 1 is 1.15 bits per heavy atom. The Hall–Kier alpha value is -2.94. The van der Waals surface area contributed by atoms with Crippen molar-refractivity contribution in [1.82, 2.24) is 15.0 Å². The van der Waals surface area contributed by atoms with Crippen LogP contribution < -0.4 is 5.32 Å². The number of aromatic nitrogens is 3. The van der Waals surface area contributed by atoms with Gasteiger partial charge in [0.25, 0.3) is 5.91 Å². The maximum absolute atomic E-state index is 13.7. The van der Waals surface area contributed by atoms with Gasteiger partial charge in [0, 0.05) is 5.02 Å². The van der Waals surface area contributed by atoms with E-state index in [0.29, 0.717) is 0 Å². The lowest BCUT2D eigenvalue weighted by Gasteiger charge is -2.11. The Morgan fingerprint density at radius 2 is 1.88 bits per heavy atom. The monoisotopic (exact) mass is 384 g/mol. The number of para-hydroxylation sites is 1. The molecule has 3 rings (SSSR count). The number of halogens is 5. The molecule has 1 amide bonds. The first kappa shape index (κ1) is 17.9. The molecule has 1 heterocycles. The number of nitrogens with zero attached hydrogens (tertiary/aromatic N) is 3. The highest BCUT2D eigenvalue weighted by molar-refractivity contribution is 6.30. The van der Waals surface area contributed by atoms with E-state index >= 15 is 0 Å². The maximum atomic E-state index is 13.7. The summed E-state index contributed by atoms with van der Waals surface area (Å²) < 4.78 is 53.8. The molecule has 134 valence electrons. The van der Waals surface area contributed by atoms with Gasteiger partial charge in [0.05, 0.1) is 23.1 Å². The van der Waals surface area contributed by atoms with Crippen molar-refractivity contribution in [3.05, 3.63) is 70.8 Å². The quantitative estimate of drug-likeness (QED) is 0.684. The predicted octanol–water partition coefficient (Wildman–Crippen LogP) is 4.33. The topological polar surface area (TPSA) is 59.8 Å². The van der Waals surface area contributed by atoms with Gasteiger partial charge in [-0.2, -0.15) is 13.2 Å². The van der Waals surface area contributed by atoms with Gasteiger partial charge >= 0.3 is 6.18 Å². The second kappa shape index (κ2) is 6.75. The molecular weight excluding hydrogens is 376 g/mol. The van der Waals surface area contributed by atoms with E-state index in [9.17, 15) is 22.4 Å². The fourth-order valence-corrected chi connectivity index (χ4v) is 2.33. The van der Waals surface area contributed by atoms with Crippen LogP contribution >= 0.6 is 11.6 Å². The third-order valence-corrected chi connectivity index (χ3v) is 3.60. The molecule has 10 heteroatoms. The Labute approximate surface area is 149 Å². The Morgan fingerprint density at radius 3 is 2.58 bits per heavy atom. The van der Waals surface area contributed by atoms with Gasteiger partial charge in [-0.05, 0) is 30.3 Å². The summed E-state index contributed by atoms with van der Waals surface area (Å²) in [5.41, 5.74) is -1.65. The summed E-state index contributed by atoms with van der Waals surface area (Å²) in [5.74, 6) is -1.59. The Kier molecular flexibility index (Phi) is 4.64. The van der Waals surface area contributed by atoms with Gasteiger partial charge in [0.1, 0.15) is 5.82 Å². The van der Waals surface area contributed by atoms with Gasteiger partial charge in [-0.3, -0.25) is 4.79 Å². The van der Waals surface area contributed by atoms with Crippen molar-refractivity contribution in [1.29, 1.82) is 0 Å². The fourth-order valence-electron chi connectivity index (χ4n) is 2.18. The van der Waals surface area contributed by atoms with Gasteiger partial charge in [0.2, 0.25) is 0 Å². The number of alkyl halides is 3. The van der Waals surface area contributed by atoms with Gasteiger partial charge < -0.3 is 5.32 Å². The molecule has 26 heavy (non-hydrogen) atoms. The molecule has 0 radical (unpaired) electrons. The van der Waals surface area contributed by atoms with E-state index in [1.54, 1.807) is 0 Å². The Balaban J connectivity index is 1.88. The van der Waals surface area contributed by atoms with Crippen LogP contribution in [0.15, 0.2) is 48.7 Å². The number of hydrogen-bond donors (Lipinski definition) is 1. The molecule has 0 saturated heterocycles. The van der Waals surface area contributed by atoms with E-state index in [-0.39, 0.29) is 22.1 Å². The third-order valence-electron chi connectivity index (χ3n) is 3.36. The van der Waals surface area contributed by atoms with Crippen LogP contribution in [0.25, 0.3) is 5.69 Å². The number of carbonyl (C=O) groups excluding carboxylic acids is 1. The van der Waals surface area contributed by atoms with Crippen molar-refractivity contribution in [3.8, 4) is 5.69 Å². The lowest BCUT2D eigenvalue weighted by Crippen LogP contribution is -2.13. The summed E-state index contributed by atoms with van der Waals surface area (Å²) in [5, 5.41) is 9.50. The molecule has 2 aromatic carbocycles. The standard InChI is InChI=1S/C16H9ClF4N4O/c17-9-5-6-12(11(18)7-9)22-15(26)13-8-25(24-23-13)14-4-2-1-3-10(14)16(19,20)21/h1-8H,(H,22,26). The van der Waals surface area contributed by atoms with Crippen LogP contribution in [0.1, 0.15) is 16.1 Å². The summed E-state index contributed by atoms with van der Waals surface area (Å²) in [6, 6.07) is 8.34. The number of anilines is 1. The molecule has 0 aliphatic heterocycles. The molecule has 0 fully saturated rings. The van der Waals surface area contributed by atoms with Gasteiger partial charge in [-0.25, -0.2) is 9.07 Å². The average molecular weight is 385 g/mol. The molecule has 0 aliphatic rings. The molecule has 1 N–H and O–H groups in total. The molecule has 0 unspecified atom stereocenters. The smallest absolute Gasteiger partial charge is 0.318 e. The number of amides is 1. The first-order valence-corrected chi connectivity index (χ1v) is 7.49. The van der Waals surface area contributed by atoms with E-state index < -0.39 is 23.5 Å². The zero-order valence-electron chi connectivity index (χ0n) is 12.8. The number of benzene rings is 2. The van der Waals surface area contributed by atoms with E-state index in [1.807, 2.05) is 0 Å². The molecular formula is C16H9ClF4N4O. The van der Waals surface area contributed by atoms with Crippen LogP contribution in [0.2, 0.25) is 5.02 Å². The van der Waals surface area contributed by atoms with Crippen LogP contribution in [-0.2, 0) is 6.18 Å².